The third kappa shape index (κ3) is 5.93. The topological polar surface area (TPSA) is 43.8 Å². The number of rotatable bonds is 8. The number of carbonyl (C=O) groups is 1. The van der Waals surface area contributed by atoms with E-state index in [1.54, 1.807) is 0 Å². The number of halogens is 1. The van der Waals surface area contributed by atoms with E-state index in [-0.39, 0.29) is 19.0 Å². The van der Waals surface area contributed by atoms with Gasteiger partial charge in [0.1, 0.15) is 0 Å². The summed E-state index contributed by atoms with van der Waals surface area (Å²) in [6, 6.07) is 15.6. The minimum absolute atomic E-state index is 0. The maximum absolute atomic E-state index is 11.0. The number of aliphatic carboxylic acids is 1. The van der Waals surface area contributed by atoms with Crippen molar-refractivity contribution in [1.29, 1.82) is 0 Å². The Balaban J connectivity index is 0.00000261. The van der Waals surface area contributed by atoms with Crippen LogP contribution in [0.25, 0.3) is 10.8 Å². The van der Waals surface area contributed by atoms with E-state index in [4.69, 9.17) is 5.11 Å². The fourth-order valence-electron chi connectivity index (χ4n) is 4.18. The van der Waals surface area contributed by atoms with Crippen LogP contribution >= 0.6 is 12.4 Å². The highest BCUT2D eigenvalue weighted by Gasteiger charge is 2.24. The van der Waals surface area contributed by atoms with Gasteiger partial charge in [0.25, 0.3) is 0 Å². The Morgan fingerprint density at radius 2 is 1.85 bits per heavy atom. The minimum Gasteiger partial charge on any atom is -0.480 e. The van der Waals surface area contributed by atoms with Gasteiger partial charge in [0, 0.05) is 6.04 Å². The summed E-state index contributed by atoms with van der Waals surface area (Å²) in [7, 11) is 0. The molecule has 5 heteroatoms. The second-order valence-electron chi connectivity index (χ2n) is 7.27. The first kappa shape index (κ1) is 21.7. The van der Waals surface area contributed by atoms with Gasteiger partial charge in [0.2, 0.25) is 0 Å². The van der Waals surface area contributed by atoms with Gasteiger partial charge in [-0.1, -0.05) is 49.4 Å². The van der Waals surface area contributed by atoms with Crippen molar-refractivity contribution < 1.29 is 9.90 Å². The number of carboxylic acid groups (broad SMARTS) is 1. The zero-order chi connectivity index (χ0) is 18.4. The van der Waals surface area contributed by atoms with E-state index in [0.29, 0.717) is 6.04 Å². The molecule has 27 heavy (non-hydrogen) atoms. The summed E-state index contributed by atoms with van der Waals surface area (Å²) in [5.41, 5.74) is 1.44. The van der Waals surface area contributed by atoms with Crippen LogP contribution in [0.2, 0.25) is 0 Å². The van der Waals surface area contributed by atoms with E-state index in [0.717, 1.165) is 45.4 Å². The van der Waals surface area contributed by atoms with Gasteiger partial charge in [-0.15, -0.1) is 12.4 Å². The van der Waals surface area contributed by atoms with Crippen molar-refractivity contribution in [3.63, 3.8) is 0 Å². The van der Waals surface area contributed by atoms with Crippen molar-refractivity contribution in [3.8, 4) is 0 Å². The Hall–Kier alpha value is -1.62. The Morgan fingerprint density at radius 1 is 1.15 bits per heavy atom. The van der Waals surface area contributed by atoms with E-state index in [1.807, 2.05) is 0 Å². The van der Waals surface area contributed by atoms with Crippen LogP contribution in [0, 0.1) is 0 Å². The number of carboxylic acids is 1. The molecule has 1 aliphatic heterocycles. The monoisotopic (exact) mass is 390 g/mol. The SMILES string of the molecule is CCN(CC(=O)O)C1CCN(CCCc2cccc3ccccc23)CC1.Cl. The quantitative estimate of drug-likeness (QED) is 0.738. The van der Waals surface area contributed by atoms with E-state index < -0.39 is 5.97 Å². The predicted molar refractivity (Wildman–Crippen MR) is 114 cm³/mol. The highest BCUT2D eigenvalue weighted by Crippen LogP contribution is 2.21. The lowest BCUT2D eigenvalue weighted by atomic mass is 10.00. The van der Waals surface area contributed by atoms with Gasteiger partial charge in [-0.25, -0.2) is 0 Å². The van der Waals surface area contributed by atoms with Gasteiger partial charge in [-0.2, -0.15) is 0 Å². The van der Waals surface area contributed by atoms with E-state index >= 15 is 0 Å². The predicted octanol–water partition coefficient (Wildman–Crippen LogP) is 4.07. The molecule has 0 atom stereocenters. The van der Waals surface area contributed by atoms with Gasteiger partial charge < -0.3 is 10.0 Å². The van der Waals surface area contributed by atoms with Crippen molar-refractivity contribution in [2.45, 2.75) is 38.6 Å². The number of hydrogen-bond acceptors (Lipinski definition) is 3. The smallest absolute Gasteiger partial charge is 0.317 e. The number of hydrogen-bond donors (Lipinski definition) is 1. The second-order valence-corrected chi connectivity index (χ2v) is 7.27. The molecule has 0 unspecified atom stereocenters. The molecule has 3 rings (SSSR count). The zero-order valence-electron chi connectivity index (χ0n) is 16.1. The molecule has 0 aliphatic carbocycles. The van der Waals surface area contributed by atoms with Crippen LogP contribution in [0.3, 0.4) is 0 Å². The summed E-state index contributed by atoms with van der Waals surface area (Å²) in [6.07, 6.45) is 4.44. The van der Waals surface area contributed by atoms with E-state index in [1.165, 1.54) is 22.8 Å². The van der Waals surface area contributed by atoms with Crippen molar-refractivity contribution in [2.24, 2.45) is 0 Å². The summed E-state index contributed by atoms with van der Waals surface area (Å²) in [4.78, 5) is 15.6. The lowest BCUT2D eigenvalue weighted by molar-refractivity contribution is -0.139. The first-order valence-corrected chi connectivity index (χ1v) is 9.82. The molecule has 0 spiro atoms. The lowest BCUT2D eigenvalue weighted by Crippen LogP contribution is -2.46. The fourth-order valence-corrected chi connectivity index (χ4v) is 4.18. The molecule has 1 heterocycles. The molecule has 2 aromatic carbocycles. The molecule has 1 saturated heterocycles. The van der Waals surface area contributed by atoms with Crippen LogP contribution in [-0.2, 0) is 11.2 Å². The van der Waals surface area contributed by atoms with Crippen molar-refractivity contribution >= 4 is 29.1 Å². The van der Waals surface area contributed by atoms with Crippen LogP contribution in [-0.4, -0.2) is 59.6 Å². The highest BCUT2D eigenvalue weighted by atomic mass is 35.5. The molecule has 4 nitrogen and oxygen atoms in total. The maximum atomic E-state index is 11.0. The Bertz CT molecular complexity index is 724. The molecule has 1 aliphatic rings. The third-order valence-corrected chi connectivity index (χ3v) is 5.62. The second kappa shape index (κ2) is 10.6. The molecule has 2 aromatic rings. The van der Waals surface area contributed by atoms with Crippen LogP contribution in [0.5, 0.6) is 0 Å². The zero-order valence-corrected chi connectivity index (χ0v) is 17.0. The van der Waals surface area contributed by atoms with Crippen molar-refractivity contribution in [1.82, 2.24) is 9.80 Å². The normalized spacial score (nSPS) is 15.8. The largest absolute Gasteiger partial charge is 0.480 e. The molecule has 1 N–H and O–H groups in total. The average molecular weight is 391 g/mol. The number of aryl methyl sites for hydroxylation is 1. The minimum atomic E-state index is -0.718. The van der Waals surface area contributed by atoms with Crippen molar-refractivity contribution in [3.05, 3.63) is 48.0 Å². The maximum Gasteiger partial charge on any atom is 0.317 e. The molecule has 0 saturated carbocycles. The molecule has 0 aromatic heterocycles. The van der Waals surface area contributed by atoms with Crippen LogP contribution in [0.4, 0.5) is 0 Å². The van der Waals surface area contributed by atoms with Gasteiger partial charge >= 0.3 is 5.97 Å². The summed E-state index contributed by atoms with van der Waals surface area (Å²) >= 11 is 0. The molecule has 148 valence electrons. The number of nitrogens with zero attached hydrogens (tertiary/aromatic N) is 2. The van der Waals surface area contributed by atoms with E-state index in [2.05, 4.69) is 59.2 Å². The summed E-state index contributed by atoms with van der Waals surface area (Å²) in [5.74, 6) is -0.718. The fraction of sp³-hybridized carbons (Fsp3) is 0.500. The van der Waals surface area contributed by atoms with Gasteiger partial charge in [0.15, 0.2) is 0 Å². The molecular formula is C22H31ClN2O2. The van der Waals surface area contributed by atoms with Crippen LogP contribution < -0.4 is 0 Å². The number of likely N-dealkylation sites (N-methyl/N-ethyl adjacent to an activating group) is 1. The average Bonchev–Trinajstić information content (AvgIpc) is 2.67. The number of fused-ring (bicyclic) bond motifs is 1. The van der Waals surface area contributed by atoms with Gasteiger partial charge in [-0.3, -0.25) is 9.69 Å². The lowest BCUT2D eigenvalue weighted by Gasteiger charge is -2.37. The van der Waals surface area contributed by atoms with Crippen LogP contribution in [0.1, 0.15) is 31.7 Å². The first-order valence-electron chi connectivity index (χ1n) is 9.82. The molecule has 0 bridgehead atoms. The summed E-state index contributed by atoms with van der Waals surface area (Å²) in [6.45, 7) is 6.33. The Morgan fingerprint density at radius 3 is 2.56 bits per heavy atom. The van der Waals surface area contributed by atoms with Gasteiger partial charge in [-0.05, 0) is 68.2 Å². The number of likely N-dealkylation sites (tertiary alicyclic amines) is 1. The molecule has 0 radical (unpaired) electrons. The molecule has 1 fully saturated rings. The third-order valence-electron chi connectivity index (χ3n) is 5.62. The summed E-state index contributed by atoms with van der Waals surface area (Å²) < 4.78 is 0. The van der Waals surface area contributed by atoms with Gasteiger partial charge in [0.05, 0.1) is 6.54 Å². The number of piperidine rings is 1. The summed E-state index contributed by atoms with van der Waals surface area (Å²) in [5, 5.41) is 11.7. The van der Waals surface area contributed by atoms with Crippen molar-refractivity contribution in [2.75, 3.05) is 32.7 Å². The number of benzene rings is 2. The standard InChI is InChI=1S/C22H30N2O2.ClH/c1-2-24(17-22(25)26)20-12-15-23(16-13-20)14-6-10-19-9-5-8-18-7-3-4-11-21(18)19;/h3-5,7-9,11,20H,2,6,10,12-17H2,1H3,(H,25,26);1H. The van der Waals surface area contributed by atoms with E-state index in [9.17, 15) is 4.79 Å². The Labute approximate surface area is 168 Å². The molecular weight excluding hydrogens is 360 g/mol. The Kier molecular flexibility index (Phi) is 8.55. The molecule has 0 amide bonds. The van der Waals surface area contributed by atoms with Crippen LogP contribution in [0.15, 0.2) is 42.5 Å². The first-order chi connectivity index (χ1) is 12.7. The highest BCUT2D eigenvalue weighted by molar-refractivity contribution is 5.86.